The highest BCUT2D eigenvalue weighted by molar-refractivity contribution is 6.05. The van der Waals surface area contributed by atoms with Crippen molar-refractivity contribution in [2.24, 2.45) is 5.92 Å². The third kappa shape index (κ3) is 3.13. The summed E-state index contributed by atoms with van der Waals surface area (Å²) in [5.74, 6) is 0.516. The Balaban J connectivity index is 1.39. The highest BCUT2D eigenvalue weighted by atomic mass is 16.2. The molecule has 0 bridgehead atoms. The van der Waals surface area contributed by atoms with Crippen LogP contribution < -0.4 is 0 Å². The van der Waals surface area contributed by atoms with Crippen LogP contribution in [-0.2, 0) is 4.79 Å². The van der Waals surface area contributed by atoms with E-state index >= 15 is 0 Å². The number of carbonyl (C=O) groups excluding carboxylic acids is 2. The molecule has 2 fully saturated rings. The molecule has 25 heavy (non-hydrogen) atoms. The fourth-order valence-corrected chi connectivity index (χ4v) is 4.04. The molecule has 2 aliphatic rings. The van der Waals surface area contributed by atoms with Gasteiger partial charge in [-0.05, 0) is 25.0 Å². The summed E-state index contributed by atoms with van der Waals surface area (Å²) < 4.78 is 0. The number of H-pyrrole nitrogens is 1. The van der Waals surface area contributed by atoms with Crippen LogP contribution in [0.2, 0.25) is 0 Å². The van der Waals surface area contributed by atoms with Gasteiger partial charge in [0, 0.05) is 49.9 Å². The van der Waals surface area contributed by atoms with E-state index in [0.717, 1.165) is 23.9 Å². The van der Waals surface area contributed by atoms with Crippen molar-refractivity contribution < 1.29 is 9.59 Å². The van der Waals surface area contributed by atoms with E-state index in [2.05, 4.69) is 9.97 Å². The Hall–Kier alpha value is -2.37. The maximum absolute atomic E-state index is 12.8. The molecular formula is C19H24N4O2. The third-order valence-electron chi connectivity index (χ3n) is 5.51. The summed E-state index contributed by atoms with van der Waals surface area (Å²) in [5.41, 5.74) is 1.40. The molecule has 1 N–H and O–H groups in total. The molecule has 0 spiro atoms. The second-order valence-electron chi connectivity index (χ2n) is 7.05. The van der Waals surface area contributed by atoms with Gasteiger partial charge in [0.1, 0.15) is 5.65 Å². The molecule has 2 aromatic rings. The molecule has 132 valence electrons. The van der Waals surface area contributed by atoms with Crippen LogP contribution in [0.1, 0.15) is 42.5 Å². The van der Waals surface area contributed by atoms with Crippen LogP contribution in [0.4, 0.5) is 0 Å². The Morgan fingerprint density at radius 2 is 1.76 bits per heavy atom. The number of hydrogen-bond acceptors (Lipinski definition) is 3. The zero-order valence-corrected chi connectivity index (χ0v) is 14.4. The van der Waals surface area contributed by atoms with Crippen molar-refractivity contribution in [1.82, 2.24) is 19.8 Å². The Bertz CT molecular complexity index is 771. The lowest BCUT2D eigenvalue weighted by Gasteiger charge is -2.37. The van der Waals surface area contributed by atoms with Crippen LogP contribution in [0.3, 0.4) is 0 Å². The molecular weight excluding hydrogens is 316 g/mol. The first-order chi connectivity index (χ1) is 12.2. The molecule has 1 saturated heterocycles. The van der Waals surface area contributed by atoms with E-state index in [4.69, 9.17) is 0 Å². The molecule has 0 unspecified atom stereocenters. The molecule has 4 rings (SSSR count). The number of piperazine rings is 1. The van der Waals surface area contributed by atoms with Crippen molar-refractivity contribution in [3.05, 3.63) is 30.1 Å². The van der Waals surface area contributed by atoms with Crippen molar-refractivity contribution in [3.63, 3.8) is 0 Å². The van der Waals surface area contributed by atoms with Crippen molar-refractivity contribution in [2.75, 3.05) is 26.2 Å². The molecule has 2 amide bonds. The first-order valence-corrected chi connectivity index (χ1v) is 9.24. The minimum absolute atomic E-state index is 0.0176. The fourth-order valence-electron chi connectivity index (χ4n) is 4.04. The summed E-state index contributed by atoms with van der Waals surface area (Å²) in [5, 5.41) is 0.855. The summed E-state index contributed by atoms with van der Waals surface area (Å²) in [6, 6.07) is 3.75. The van der Waals surface area contributed by atoms with Gasteiger partial charge in [-0.25, -0.2) is 4.98 Å². The maximum atomic E-state index is 12.8. The number of nitrogens with one attached hydrogen (secondary N) is 1. The minimum Gasteiger partial charge on any atom is -0.345 e. The molecule has 1 saturated carbocycles. The Labute approximate surface area is 147 Å². The minimum atomic E-state index is 0.0176. The zero-order valence-electron chi connectivity index (χ0n) is 14.4. The smallest absolute Gasteiger partial charge is 0.256 e. The molecule has 0 atom stereocenters. The average Bonchev–Trinajstić information content (AvgIpc) is 3.12. The molecule has 6 nitrogen and oxygen atoms in total. The first kappa shape index (κ1) is 16.1. The Morgan fingerprint density at radius 1 is 1.04 bits per heavy atom. The average molecular weight is 340 g/mol. The summed E-state index contributed by atoms with van der Waals surface area (Å²) in [4.78, 5) is 36.6. The van der Waals surface area contributed by atoms with Crippen molar-refractivity contribution in [2.45, 2.75) is 32.1 Å². The molecule has 0 radical (unpaired) electrons. The number of aromatic amines is 1. The lowest BCUT2D eigenvalue weighted by atomic mass is 9.88. The molecule has 2 aromatic heterocycles. The molecule has 6 heteroatoms. The number of hydrogen-bond donors (Lipinski definition) is 1. The van der Waals surface area contributed by atoms with Gasteiger partial charge in [-0.15, -0.1) is 0 Å². The second-order valence-corrected chi connectivity index (χ2v) is 7.05. The number of pyridine rings is 1. The van der Waals surface area contributed by atoms with Crippen LogP contribution in [0.5, 0.6) is 0 Å². The fraction of sp³-hybridized carbons (Fsp3) is 0.526. The van der Waals surface area contributed by atoms with Gasteiger partial charge >= 0.3 is 0 Å². The second kappa shape index (κ2) is 6.86. The van der Waals surface area contributed by atoms with Crippen molar-refractivity contribution in [3.8, 4) is 0 Å². The molecule has 0 aromatic carbocycles. The highest BCUT2D eigenvalue weighted by Crippen LogP contribution is 2.26. The maximum Gasteiger partial charge on any atom is 0.256 e. The van der Waals surface area contributed by atoms with Gasteiger partial charge in [0.05, 0.1) is 5.56 Å². The third-order valence-corrected chi connectivity index (χ3v) is 5.51. The van der Waals surface area contributed by atoms with Gasteiger partial charge in [0.2, 0.25) is 5.91 Å². The Kier molecular flexibility index (Phi) is 4.42. The van der Waals surface area contributed by atoms with Crippen LogP contribution in [-0.4, -0.2) is 57.8 Å². The lowest BCUT2D eigenvalue weighted by molar-refractivity contribution is -0.138. The summed E-state index contributed by atoms with van der Waals surface area (Å²) >= 11 is 0. The van der Waals surface area contributed by atoms with E-state index in [9.17, 15) is 9.59 Å². The Morgan fingerprint density at radius 3 is 2.52 bits per heavy atom. The molecule has 1 aliphatic carbocycles. The number of aromatic nitrogens is 2. The number of carbonyl (C=O) groups is 2. The largest absolute Gasteiger partial charge is 0.345 e. The summed E-state index contributed by atoms with van der Waals surface area (Å²) in [6.07, 6.45) is 9.10. The van der Waals surface area contributed by atoms with E-state index < -0.39 is 0 Å². The van der Waals surface area contributed by atoms with Gasteiger partial charge in [-0.1, -0.05) is 19.3 Å². The van der Waals surface area contributed by atoms with Crippen LogP contribution >= 0.6 is 0 Å². The van der Waals surface area contributed by atoms with Gasteiger partial charge in [-0.3, -0.25) is 9.59 Å². The highest BCUT2D eigenvalue weighted by Gasteiger charge is 2.30. The predicted molar refractivity (Wildman–Crippen MR) is 95.2 cm³/mol. The summed E-state index contributed by atoms with van der Waals surface area (Å²) in [7, 11) is 0. The van der Waals surface area contributed by atoms with Gasteiger partial charge in [-0.2, -0.15) is 0 Å². The SMILES string of the molecule is O=C(c1c[nH]c2ncccc12)N1CCN(C(=O)C2CCCCC2)CC1. The van der Waals surface area contributed by atoms with Gasteiger partial charge in [0.25, 0.3) is 5.91 Å². The van der Waals surface area contributed by atoms with E-state index in [1.54, 1.807) is 12.4 Å². The molecule has 1 aliphatic heterocycles. The van der Waals surface area contributed by atoms with Crippen LogP contribution in [0.15, 0.2) is 24.5 Å². The van der Waals surface area contributed by atoms with E-state index in [-0.39, 0.29) is 11.8 Å². The van der Waals surface area contributed by atoms with E-state index in [1.165, 1.54) is 19.3 Å². The normalized spacial score (nSPS) is 19.4. The number of nitrogens with zero attached hydrogens (tertiary/aromatic N) is 3. The monoisotopic (exact) mass is 340 g/mol. The lowest BCUT2D eigenvalue weighted by Crippen LogP contribution is -2.52. The standard InChI is InChI=1S/C19H24N4O2/c24-18(14-5-2-1-3-6-14)22-9-11-23(12-10-22)19(25)16-13-21-17-15(16)7-4-8-20-17/h4,7-8,13-14H,1-3,5-6,9-12H2,(H,20,21). The first-order valence-electron chi connectivity index (χ1n) is 9.24. The van der Waals surface area contributed by atoms with Crippen molar-refractivity contribution >= 4 is 22.8 Å². The number of fused-ring (bicyclic) bond motifs is 1. The summed E-state index contributed by atoms with van der Waals surface area (Å²) in [6.45, 7) is 2.48. The van der Waals surface area contributed by atoms with Gasteiger partial charge in [0.15, 0.2) is 0 Å². The predicted octanol–water partition coefficient (Wildman–Crippen LogP) is 2.43. The number of rotatable bonds is 2. The van der Waals surface area contributed by atoms with Crippen LogP contribution in [0, 0.1) is 5.92 Å². The van der Waals surface area contributed by atoms with E-state index in [1.807, 2.05) is 21.9 Å². The van der Waals surface area contributed by atoms with E-state index in [0.29, 0.717) is 37.6 Å². The van der Waals surface area contributed by atoms with Crippen LogP contribution in [0.25, 0.3) is 11.0 Å². The molecule has 3 heterocycles. The quantitative estimate of drug-likeness (QED) is 0.913. The topological polar surface area (TPSA) is 69.3 Å². The zero-order chi connectivity index (χ0) is 17.2. The van der Waals surface area contributed by atoms with Crippen molar-refractivity contribution in [1.29, 1.82) is 0 Å². The van der Waals surface area contributed by atoms with Gasteiger partial charge < -0.3 is 14.8 Å². The number of amides is 2.